The number of aliphatic carboxylic acids is 1. The van der Waals surface area contributed by atoms with Crippen molar-refractivity contribution in [3.8, 4) is 0 Å². The van der Waals surface area contributed by atoms with Crippen LogP contribution in [0.1, 0.15) is 10.4 Å². The number of rotatable bonds is 4. The molecule has 0 atom stereocenters. The predicted molar refractivity (Wildman–Crippen MR) is 73.2 cm³/mol. The number of primary amides is 1. The topological polar surface area (TPSA) is 105 Å². The van der Waals surface area contributed by atoms with E-state index in [4.69, 9.17) is 10.8 Å². The molecule has 0 saturated carbocycles. The lowest BCUT2D eigenvalue weighted by Gasteiger charge is -1.94. The fourth-order valence-electron chi connectivity index (χ4n) is 1.06. The Morgan fingerprint density at radius 1 is 1.32 bits per heavy atom. The first-order valence-electron chi connectivity index (χ1n) is 5.29. The lowest BCUT2D eigenvalue weighted by atomic mass is 10.2. The number of hydrogen-bond acceptors (Lipinski definition) is 5. The first kappa shape index (κ1) is 14.7. The van der Waals surface area contributed by atoms with Gasteiger partial charge in [0, 0.05) is 17.1 Å². The molecule has 0 aliphatic carbocycles. The maximum atomic E-state index is 10.4. The van der Waals surface area contributed by atoms with Crippen LogP contribution in [-0.4, -0.2) is 28.5 Å². The second kappa shape index (κ2) is 7.83. The van der Waals surface area contributed by atoms with Gasteiger partial charge in [0.1, 0.15) is 6.54 Å². The molecule has 19 heavy (non-hydrogen) atoms. The number of nitrogens with zero attached hydrogens (tertiary/aromatic N) is 1. The van der Waals surface area contributed by atoms with E-state index in [-0.39, 0.29) is 12.5 Å². The van der Waals surface area contributed by atoms with Crippen LogP contribution in [0.5, 0.6) is 0 Å². The second-order valence-electron chi connectivity index (χ2n) is 3.31. The first-order chi connectivity index (χ1) is 9.09. The fraction of sp³-hybridized carbons (Fsp3) is 0.0833. The summed E-state index contributed by atoms with van der Waals surface area (Å²) in [6, 6.07) is 8.76. The lowest BCUT2D eigenvalue weighted by molar-refractivity contribution is -0.134. The molecule has 0 spiro atoms. The molecule has 0 aliphatic rings. The number of nitrogens with one attached hydrogen (secondary N) is 1. The van der Waals surface area contributed by atoms with Crippen molar-refractivity contribution >= 4 is 28.3 Å². The summed E-state index contributed by atoms with van der Waals surface area (Å²) in [4.78, 5) is 24.3. The normalized spacial score (nSPS) is 9.05. The van der Waals surface area contributed by atoms with Crippen molar-refractivity contribution in [3.63, 3.8) is 0 Å². The summed E-state index contributed by atoms with van der Waals surface area (Å²) >= 11 is 1.38. The number of anilines is 1. The summed E-state index contributed by atoms with van der Waals surface area (Å²) in [5, 5.41) is 13.3. The number of nitrogens with two attached hydrogens (primary N) is 1. The van der Waals surface area contributed by atoms with E-state index in [1.807, 2.05) is 6.07 Å². The van der Waals surface area contributed by atoms with Crippen molar-refractivity contribution in [1.82, 2.24) is 4.98 Å². The molecule has 0 fully saturated rings. The number of aromatic nitrogens is 1. The molecule has 6 nitrogen and oxygen atoms in total. The van der Waals surface area contributed by atoms with E-state index in [2.05, 4.69) is 10.3 Å². The van der Waals surface area contributed by atoms with E-state index in [1.54, 1.807) is 35.8 Å². The predicted octanol–water partition coefficient (Wildman–Crippen LogP) is 1.43. The van der Waals surface area contributed by atoms with Gasteiger partial charge in [0.15, 0.2) is 5.13 Å². The zero-order chi connectivity index (χ0) is 14.1. The van der Waals surface area contributed by atoms with Crippen LogP contribution in [0.3, 0.4) is 0 Å². The van der Waals surface area contributed by atoms with Crippen LogP contribution in [-0.2, 0) is 4.79 Å². The van der Waals surface area contributed by atoms with Gasteiger partial charge in [-0.2, -0.15) is 0 Å². The quantitative estimate of drug-likeness (QED) is 0.785. The van der Waals surface area contributed by atoms with Gasteiger partial charge in [-0.05, 0) is 12.1 Å². The molecular formula is C12H13N3O3S. The molecule has 4 N–H and O–H groups in total. The van der Waals surface area contributed by atoms with E-state index >= 15 is 0 Å². The largest absolute Gasteiger partial charge is 0.480 e. The van der Waals surface area contributed by atoms with Gasteiger partial charge in [-0.1, -0.05) is 18.2 Å². The number of thiazole rings is 1. The van der Waals surface area contributed by atoms with Gasteiger partial charge < -0.3 is 16.2 Å². The molecule has 0 bridgehead atoms. The molecular weight excluding hydrogens is 266 g/mol. The molecule has 1 aromatic carbocycles. The molecule has 0 radical (unpaired) electrons. The lowest BCUT2D eigenvalue weighted by Crippen LogP contribution is -2.11. The Morgan fingerprint density at radius 3 is 2.42 bits per heavy atom. The fourth-order valence-corrected chi connectivity index (χ4v) is 1.59. The number of carboxylic acids is 1. The van der Waals surface area contributed by atoms with Crippen molar-refractivity contribution < 1.29 is 14.7 Å². The van der Waals surface area contributed by atoms with Crippen LogP contribution in [0.2, 0.25) is 0 Å². The third kappa shape index (κ3) is 6.18. The van der Waals surface area contributed by atoms with Gasteiger partial charge in [0.05, 0.1) is 0 Å². The van der Waals surface area contributed by atoms with E-state index in [0.717, 1.165) is 0 Å². The number of hydrogen-bond donors (Lipinski definition) is 3. The van der Waals surface area contributed by atoms with Gasteiger partial charge in [0.2, 0.25) is 5.91 Å². The smallest absolute Gasteiger partial charge is 0.322 e. The zero-order valence-electron chi connectivity index (χ0n) is 9.95. The van der Waals surface area contributed by atoms with E-state index in [0.29, 0.717) is 10.7 Å². The average Bonchev–Trinajstić information content (AvgIpc) is 2.91. The molecule has 1 heterocycles. The SMILES string of the molecule is NC(=O)c1ccccc1.O=C(O)CNc1nccs1. The third-order valence-corrected chi connectivity index (χ3v) is 2.61. The molecule has 0 saturated heterocycles. The van der Waals surface area contributed by atoms with Crippen molar-refractivity contribution in [2.24, 2.45) is 5.73 Å². The molecule has 100 valence electrons. The third-order valence-electron chi connectivity index (χ3n) is 1.88. The molecule has 0 aliphatic heterocycles. The Bertz CT molecular complexity index is 514. The summed E-state index contributed by atoms with van der Waals surface area (Å²) in [6.07, 6.45) is 1.62. The maximum Gasteiger partial charge on any atom is 0.322 e. The van der Waals surface area contributed by atoms with Crippen molar-refractivity contribution in [3.05, 3.63) is 47.5 Å². The van der Waals surface area contributed by atoms with Gasteiger partial charge in [0.25, 0.3) is 0 Å². The highest BCUT2D eigenvalue weighted by atomic mass is 32.1. The van der Waals surface area contributed by atoms with Crippen LogP contribution >= 0.6 is 11.3 Å². The van der Waals surface area contributed by atoms with Gasteiger partial charge in [-0.3, -0.25) is 9.59 Å². The number of benzene rings is 1. The summed E-state index contributed by atoms with van der Waals surface area (Å²) in [6.45, 7) is -0.0759. The Kier molecular flexibility index (Phi) is 6.04. The van der Waals surface area contributed by atoms with Crippen LogP contribution in [0.15, 0.2) is 41.9 Å². The van der Waals surface area contributed by atoms with Crippen LogP contribution < -0.4 is 11.1 Å². The molecule has 2 aromatic rings. The van der Waals surface area contributed by atoms with Crippen molar-refractivity contribution in [2.75, 3.05) is 11.9 Å². The Hall–Kier alpha value is -2.41. The van der Waals surface area contributed by atoms with Gasteiger partial charge >= 0.3 is 5.97 Å². The van der Waals surface area contributed by atoms with E-state index in [9.17, 15) is 9.59 Å². The minimum absolute atomic E-state index is 0.0759. The van der Waals surface area contributed by atoms with Crippen LogP contribution in [0, 0.1) is 0 Å². The number of amides is 1. The molecule has 1 aromatic heterocycles. The van der Waals surface area contributed by atoms with Crippen molar-refractivity contribution in [1.29, 1.82) is 0 Å². The molecule has 1 amide bonds. The average molecular weight is 279 g/mol. The Labute approximate surface area is 113 Å². The highest BCUT2D eigenvalue weighted by Gasteiger charge is 1.96. The Balaban J connectivity index is 0.000000191. The van der Waals surface area contributed by atoms with Crippen LogP contribution in [0.4, 0.5) is 5.13 Å². The summed E-state index contributed by atoms with van der Waals surface area (Å²) in [5.41, 5.74) is 5.53. The molecule has 2 rings (SSSR count). The Morgan fingerprint density at radius 2 is 2.00 bits per heavy atom. The molecule has 7 heteroatoms. The zero-order valence-corrected chi connectivity index (χ0v) is 10.8. The number of carbonyl (C=O) groups is 2. The number of carboxylic acid groups (broad SMARTS) is 1. The summed E-state index contributed by atoms with van der Waals surface area (Å²) in [7, 11) is 0. The molecule has 0 unspecified atom stereocenters. The number of carbonyl (C=O) groups excluding carboxylic acids is 1. The second-order valence-corrected chi connectivity index (χ2v) is 4.21. The van der Waals surface area contributed by atoms with E-state index in [1.165, 1.54) is 11.3 Å². The van der Waals surface area contributed by atoms with Crippen molar-refractivity contribution in [2.45, 2.75) is 0 Å². The van der Waals surface area contributed by atoms with E-state index < -0.39 is 5.97 Å². The highest BCUT2D eigenvalue weighted by molar-refractivity contribution is 7.13. The standard InChI is InChI=1S/C7H7NO.C5H6N2O2S/c8-7(9)6-4-2-1-3-5-6;8-4(9)3-7-5-6-1-2-10-5/h1-5H,(H2,8,9);1-2H,3H2,(H,6,7)(H,8,9). The summed E-state index contributed by atoms with van der Waals surface area (Å²) in [5.74, 6) is -1.26. The summed E-state index contributed by atoms with van der Waals surface area (Å²) < 4.78 is 0. The minimum Gasteiger partial charge on any atom is -0.480 e. The van der Waals surface area contributed by atoms with Crippen LogP contribution in [0.25, 0.3) is 0 Å². The monoisotopic (exact) mass is 279 g/mol. The minimum atomic E-state index is -0.879. The van der Waals surface area contributed by atoms with Gasteiger partial charge in [-0.15, -0.1) is 11.3 Å². The highest BCUT2D eigenvalue weighted by Crippen LogP contribution is 2.08. The van der Waals surface area contributed by atoms with Gasteiger partial charge in [-0.25, -0.2) is 4.98 Å². The maximum absolute atomic E-state index is 10.4. The first-order valence-corrected chi connectivity index (χ1v) is 6.17.